The van der Waals surface area contributed by atoms with Crippen molar-refractivity contribution in [1.29, 1.82) is 0 Å². The lowest BCUT2D eigenvalue weighted by Gasteiger charge is -2.10. The van der Waals surface area contributed by atoms with Crippen molar-refractivity contribution in [2.24, 2.45) is 0 Å². The predicted octanol–water partition coefficient (Wildman–Crippen LogP) is 5.20. The molecule has 2 radical (unpaired) electrons. The van der Waals surface area contributed by atoms with Crippen molar-refractivity contribution in [3.8, 4) is 0 Å². The van der Waals surface area contributed by atoms with Crippen LogP contribution in [0, 0.1) is 6.42 Å². The molecule has 2 rings (SSSR count). The van der Waals surface area contributed by atoms with Crippen molar-refractivity contribution >= 4 is 0 Å². The first-order chi connectivity index (χ1) is 9.66. The van der Waals surface area contributed by atoms with Crippen LogP contribution in [0.1, 0.15) is 22.3 Å². The van der Waals surface area contributed by atoms with Gasteiger partial charge in [-0.3, -0.25) is 0 Å². The maximum Gasteiger partial charge on any atom is 0.416 e. The van der Waals surface area contributed by atoms with E-state index in [0.717, 1.165) is 24.3 Å². The molecule has 110 valence electrons. The van der Waals surface area contributed by atoms with Crippen LogP contribution < -0.4 is 0 Å². The number of alkyl halides is 6. The Morgan fingerprint density at radius 2 is 1.00 bits per heavy atom. The van der Waals surface area contributed by atoms with E-state index in [-0.39, 0.29) is 11.1 Å². The molecule has 0 nitrogen and oxygen atoms in total. The van der Waals surface area contributed by atoms with Crippen molar-refractivity contribution in [3.05, 3.63) is 77.2 Å². The Labute approximate surface area is 117 Å². The zero-order valence-corrected chi connectivity index (χ0v) is 10.4. The van der Waals surface area contributed by atoms with Crippen LogP contribution in [0.15, 0.2) is 48.5 Å². The van der Waals surface area contributed by atoms with Crippen molar-refractivity contribution < 1.29 is 26.3 Å². The molecular weight excluding hydrogens is 294 g/mol. The summed E-state index contributed by atoms with van der Waals surface area (Å²) in [6, 6.07) is 8.48. The van der Waals surface area contributed by atoms with Gasteiger partial charge in [0.2, 0.25) is 0 Å². The maximum absolute atomic E-state index is 12.6. The molecule has 2 aromatic rings. The highest BCUT2D eigenvalue weighted by Crippen LogP contribution is 2.32. The quantitative estimate of drug-likeness (QED) is 0.669. The Balaban J connectivity index is 2.27. The van der Waals surface area contributed by atoms with Crippen LogP contribution >= 0.6 is 0 Å². The highest BCUT2D eigenvalue weighted by molar-refractivity contribution is 5.41. The summed E-state index contributed by atoms with van der Waals surface area (Å²) in [5.41, 5.74) is -1.63. The summed E-state index contributed by atoms with van der Waals surface area (Å²) < 4.78 is 75.3. The third-order valence-corrected chi connectivity index (χ3v) is 2.67. The van der Waals surface area contributed by atoms with Gasteiger partial charge in [-0.15, -0.1) is 0 Å². The maximum atomic E-state index is 12.6. The molecule has 6 heteroatoms. The Morgan fingerprint density at radius 3 is 1.33 bits per heavy atom. The predicted molar refractivity (Wildman–Crippen MR) is 64.3 cm³/mol. The van der Waals surface area contributed by atoms with Gasteiger partial charge in [-0.05, 0) is 23.3 Å². The van der Waals surface area contributed by atoms with Crippen LogP contribution in [0.3, 0.4) is 0 Å². The molecule has 0 aliphatic rings. The molecule has 0 fully saturated rings. The van der Waals surface area contributed by atoms with Gasteiger partial charge in [0.25, 0.3) is 0 Å². The average Bonchev–Trinajstić information content (AvgIpc) is 2.37. The summed E-state index contributed by atoms with van der Waals surface area (Å²) in [5, 5.41) is 0. The molecule has 0 atom stereocenters. The van der Waals surface area contributed by atoms with Crippen LogP contribution in [0.4, 0.5) is 26.3 Å². The fourth-order valence-corrected chi connectivity index (χ4v) is 1.71. The monoisotopic (exact) mass is 302 g/mol. The zero-order chi connectivity index (χ0) is 15.7. The smallest absolute Gasteiger partial charge is 0.166 e. The Kier molecular flexibility index (Phi) is 3.98. The molecule has 0 aromatic heterocycles. The molecule has 0 N–H and O–H groups in total. The van der Waals surface area contributed by atoms with Gasteiger partial charge in [0, 0.05) is 0 Å². The third-order valence-electron chi connectivity index (χ3n) is 2.67. The molecule has 0 bridgehead atoms. The van der Waals surface area contributed by atoms with Crippen molar-refractivity contribution in [3.63, 3.8) is 0 Å². The minimum absolute atomic E-state index is 0.0594. The Bertz CT molecular complexity index is 569. The summed E-state index contributed by atoms with van der Waals surface area (Å²) in [5.74, 6) is 0. The Morgan fingerprint density at radius 1 is 0.619 bits per heavy atom. The lowest BCUT2D eigenvalue weighted by atomic mass is 10.0. The third kappa shape index (κ3) is 4.00. The van der Waals surface area contributed by atoms with E-state index < -0.39 is 23.5 Å². The lowest BCUT2D eigenvalue weighted by Crippen LogP contribution is -2.06. The van der Waals surface area contributed by atoms with Gasteiger partial charge < -0.3 is 0 Å². The highest BCUT2D eigenvalue weighted by Gasteiger charge is 2.31. The normalized spacial score (nSPS) is 12.5. The number of benzene rings is 2. The molecule has 0 aliphatic carbocycles. The van der Waals surface area contributed by atoms with Gasteiger partial charge in [0.05, 0.1) is 17.5 Å². The molecular formula is C15H8F6. The Hall–Kier alpha value is -1.98. The van der Waals surface area contributed by atoms with E-state index in [1.165, 1.54) is 24.3 Å². The summed E-state index contributed by atoms with van der Waals surface area (Å²) in [7, 11) is 0. The van der Waals surface area contributed by atoms with E-state index in [1.54, 1.807) is 0 Å². The van der Waals surface area contributed by atoms with E-state index in [4.69, 9.17) is 0 Å². The fourth-order valence-electron chi connectivity index (χ4n) is 1.71. The van der Waals surface area contributed by atoms with Gasteiger partial charge in [0.15, 0.2) is 0 Å². The molecule has 0 unspecified atom stereocenters. The minimum Gasteiger partial charge on any atom is -0.166 e. The topological polar surface area (TPSA) is 0 Å². The van der Waals surface area contributed by atoms with Crippen LogP contribution in [-0.2, 0) is 12.4 Å². The second-order valence-electron chi connectivity index (χ2n) is 4.28. The summed E-state index contributed by atoms with van der Waals surface area (Å²) in [6.07, 6.45) is -6.49. The van der Waals surface area contributed by atoms with Crippen molar-refractivity contribution in [2.75, 3.05) is 0 Å². The summed E-state index contributed by atoms with van der Waals surface area (Å²) in [4.78, 5) is 0. The fraction of sp³-hybridized carbons (Fsp3) is 0.133. The molecule has 21 heavy (non-hydrogen) atoms. The van der Waals surface area contributed by atoms with Crippen LogP contribution in [-0.4, -0.2) is 0 Å². The van der Waals surface area contributed by atoms with Gasteiger partial charge in [0.1, 0.15) is 0 Å². The van der Waals surface area contributed by atoms with Crippen LogP contribution in [0.5, 0.6) is 0 Å². The zero-order valence-electron chi connectivity index (χ0n) is 10.4. The average molecular weight is 302 g/mol. The molecule has 0 saturated carbocycles. The highest BCUT2D eigenvalue weighted by atomic mass is 19.4. The van der Waals surface area contributed by atoms with Gasteiger partial charge >= 0.3 is 12.4 Å². The standard InChI is InChI=1S/C15H8F6/c16-14(17,18)12-5-1-3-10(8-12)7-11-4-2-6-13(9-11)15(19,20)21/h1-6,8-9H. The van der Waals surface area contributed by atoms with Crippen LogP contribution in [0.25, 0.3) is 0 Å². The molecule has 0 heterocycles. The van der Waals surface area contributed by atoms with E-state index >= 15 is 0 Å². The number of hydrogen-bond acceptors (Lipinski definition) is 0. The van der Waals surface area contributed by atoms with Crippen molar-refractivity contribution in [1.82, 2.24) is 0 Å². The second-order valence-corrected chi connectivity index (χ2v) is 4.28. The van der Waals surface area contributed by atoms with Gasteiger partial charge in [-0.1, -0.05) is 36.4 Å². The second kappa shape index (κ2) is 5.42. The number of rotatable bonds is 2. The first-order valence-corrected chi connectivity index (χ1v) is 5.78. The SMILES string of the molecule is FC(F)(F)c1cccc([C]c2cccc(C(F)(F)F)c2)c1. The first kappa shape index (κ1) is 15.4. The van der Waals surface area contributed by atoms with E-state index in [0.29, 0.717) is 0 Å². The molecule has 0 spiro atoms. The van der Waals surface area contributed by atoms with E-state index in [1.807, 2.05) is 0 Å². The summed E-state index contributed by atoms with van der Waals surface area (Å²) >= 11 is 0. The van der Waals surface area contributed by atoms with E-state index in [2.05, 4.69) is 6.42 Å². The minimum atomic E-state index is -4.51. The molecule has 0 amide bonds. The number of halogens is 6. The van der Waals surface area contributed by atoms with Crippen molar-refractivity contribution in [2.45, 2.75) is 12.4 Å². The first-order valence-electron chi connectivity index (χ1n) is 5.78. The molecule has 0 aliphatic heterocycles. The van der Waals surface area contributed by atoms with Gasteiger partial charge in [-0.2, -0.15) is 26.3 Å². The molecule has 2 aromatic carbocycles. The van der Waals surface area contributed by atoms with E-state index in [9.17, 15) is 26.3 Å². The molecule has 0 saturated heterocycles. The lowest BCUT2D eigenvalue weighted by molar-refractivity contribution is -0.138. The largest absolute Gasteiger partial charge is 0.416 e. The summed E-state index contributed by atoms with van der Waals surface area (Å²) in [6.45, 7) is 0. The number of hydrogen-bond donors (Lipinski definition) is 0. The van der Waals surface area contributed by atoms with Crippen LogP contribution in [0.2, 0.25) is 0 Å². The van der Waals surface area contributed by atoms with Gasteiger partial charge in [-0.25, -0.2) is 0 Å².